The Morgan fingerprint density at radius 1 is 0.800 bits per heavy atom. The van der Waals surface area contributed by atoms with Gasteiger partial charge in [0.1, 0.15) is 0 Å². The highest BCUT2D eigenvalue weighted by molar-refractivity contribution is 5.80. The second-order valence-corrected chi connectivity index (χ2v) is 11.2. The van der Waals surface area contributed by atoms with E-state index in [4.69, 9.17) is 20.2 Å². The molecule has 2 aliphatic carbocycles. The summed E-state index contributed by atoms with van der Waals surface area (Å²) in [5.74, 6) is 2.71. The van der Waals surface area contributed by atoms with E-state index < -0.39 is 5.41 Å². The number of carbonyl (C=O) groups is 1. The molecule has 0 saturated heterocycles. The summed E-state index contributed by atoms with van der Waals surface area (Å²) in [6, 6.07) is 0. The number of hydrogen-bond acceptors (Lipinski definition) is 5. The number of aliphatic hydroxyl groups excluding tert-OH is 3. The van der Waals surface area contributed by atoms with Crippen molar-refractivity contribution < 1.29 is 25.0 Å². The van der Waals surface area contributed by atoms with Gasteiger partial charge in [0.2, 0.25) is 0 Å². The molecular weight excluding hydrogens is 382 g/mol. The van der Waals surface area contributed by atoms with Gasteiger partial charge in [-0.15, -0.1) is 0 Å². The van der Waals surface area contributed by atoms with Gasteiger partial charge in [0, 0.05) is 13.2 Å². The maximum atomic E-state index is 11.4. The lowest BCUT2D eigenvalue weighted by atomic mass is 9.69. The van der Waals surface area contributed by atoms with Gasteiger partial charge in [-0.2, -0.15) is 0 Å². The van der Waals surface area contributed by atoms with Gasteiger partial charge < -0.3 is 15.3 Å². The lowest BCUT2D eigenvalue weighted by Crippen LogP contribution is -2.40. The fourth-order valence-electron chi connectivity index (χ4n) is 4.21. The van der Waals surface area contributed by atoms with Crippen molar-refractivity contribution in [2.45, 2.75) is 86.0 Å². The zero-order valence-corrected chi connectivity index (χ0v) is 20.0. The first-order valence-electron chi connectivity index (χ1n) is 11.8. The van der Waals surface area contributed by atoms with Crippen molar-refractivity contribution in [3.8, 4) is 0 Å². The van der Waals surface area contributed by atoms with Gasteiger partial charge in [0.05, 0.1) is 18.6 Å². The van der Waals surface area contributed by atoms with E-state index >= 15 is 0 Å². The highest BCUT2D eigenvalue weighted by Crippen LogP contribution is 2.41. The molecule has 178 valence electrons. The molecular formula is C24H47NO5. The van der Waals surface area contributed by atoms with E-state index in [1.165, 1.54) is 51.4 Å². The van der Waals surface area contributed by atoms with Crippen LogP contribution in [0.2, 0.25) is 0 Å². The average Bonchev–Trinajstić information content (AvgIpc) is 2.73. The van der Waals surface area contributed by atoms with Crippen molar-refractivity contribution in [2.75, 3.05) is 26.4 Å². The number of amides is 1. The summed E-state index contributed by atoms with van der Waals surface area (Å²) in [7, 11) is 0. The fourth-order valence-corrected chi connectivity index (χ4v) is 4.21. The van der Waals surface area contributed by atoms with Crippen LogP contribution in [0.3, 0.4) is 0 Å². The normalized spacial score (nSPS) is 27.7. The van der Waals surface area contributed by atoms with Crippen molar-refractivity contribution in [2.24, 2.45) is 34.5 Å². The minimum Gasteiger partial charge on any atom is -0.396 e. The van der Waals surface area contributed by atoms with Crippen LogP contribution in [-0.2, 0) is 9.63 Å². The first-order valence-corrected chi connectivity index (χ1v) is 11.8. The van der Waals surface area contributed by atoms with E-state index in [9.17, 15) is 4.79 Å². The number of rotatable bonds is 7. The number of hydroxylamine groups is 1. The summed E-state index contributed by atoms with van der Waals surface area (Å²) in [6.07, 6.45) is 10.3. The van der Waals surface area contributed by atoms with Crippen molar-refractivity contribution in [1.29, 1.82) is 0 Å². The maximum absolute atomic E-state index is 11.4. The van der Waals surface area contributed by atoms with Crippen LogP contribution in [0, 0.1) is 34.5 Å². The van der Waals surface area contributed by atoms with Gasteiger partial charge in [0.15, 0.2) is 0 Å². The zero-order chi connectivity index (χ0) is 22.8. The maximum Gasteiger partial charge on any atom is 0.251 e. The third kappa shape index (κ3) is 10.1. The third-order valence-corrected chi connectivity index (χ3v) is 6.65. The molecule has 0 aromatic heterocycles. The fraction of sp³-hybridized carbons (Fsp3) is 0.958. The Hall–Kier alpha value is -0.690. The molecule has 0 aromatic carbocycles. The van der Waals surface area contributed by atoms with E-state index in [2.05, 4.69) is 5.48 Å². The molecule has 6 nitrogen and oxygen atoms in total. The molecule has 2 aliphatic rings. The van der Waals surface area contributed by atoms with Crippen LogP contribution in [-0.4, -0.2) is 47.7 Å². The van der Waals surface area contributed by atoms with Gasteiger partial charge in [-0.05, 0) is 94.3 Å². The van der Waals surface area contributed by atoms with Crippen LogP contribution in [0.4, 0.5) is 0 Å². The molecule has 1 amide bonds. The molecule has 0 bridgehead atoms. The molecule has 0 aliphatic heterocycles. The summed E-state index contributed by atoms with van der Waals surface area (Å²) in [5.41, 5.74) is 1.55. The standard InChI is InChI=1S/C14H26O2.C10H21NO3/c15-9-11-1-5-13(6-2-11)14-7-3-12(10-16)4-8-14;1-9(2,3)7-14-11-8(13)10(4,5)6-12/h11-16H,1-10H2;12H,6-7H2,1-5H3,(H,11,13). The summed E-state index contributed by atoms with van der Waals surface area (Å²) < 4.78 is 0. The highest BCUT2D eigenvalue weighted by atomic mass is 16.7. The van der Waals surface area contributed by atoms with Crippen molar-refractivity contribution in [3.63, 3.8) is 0 Å². The molecule has 0 radical (unpaired) electrons. The zero-order valence-electron chi connectivity index (χ0n) is 20.0. The minimum absolute atomic E-state index is 0.0106. The molecule has 2 saturated carbocycles. The van der Waals surface area contributed by atoms with Crippen LogP contribution in [0.25, 0.3) is 0 Å². The predicted molar refractivity (Wildman–Crippen MR) is 119 cm³/mol. The summed E-state index contributed by atoms with van der Waals surface area (Å²) >= 11 is 0. The first-order chi connectivity index (χ1) is 14.0. The summed E-state index contributed by atoms with van der Waals surface area (Å²) in [6.45, 7) is 10.4. The molecule has 30 heavy (non-hydrogen) atoms. The van der Waals surface area contributed by atoms with Gasteiger partial charge in [0.25, 0.3) is 5.91 Å². The monoisotopic (exact) mass is 429 g/mol. The van der Waals surface area contributed by atoms with Crippen LogP contribution in [0.15, 0.2) is 0 Å². The number of hydrogen-bond donors (Lipinski definition) is 4. The quantitative estimate of drug-likeness (QED) is 0.463. The molecule has 2 rings (SSSR count). The molecule has 2 fully saturated rings. The number of aliphatic hydroxyl groups is 3. The van der Waals surface area contributed by atoms with Gasteiger partial charge >= 0.3 is 0 Å². The molecule has 0 aromatic rings. The number of nitrogens with one attached hydrogen (secondary N) is 1. The van der Waals surface area contributed by atoms with Crippen LogP contribution >= 0.6 is 0 Å². The molecule has 4 N–H and O–H groups in total. The largest absolute Gasteiger partial charge is 0.396 e. The van der Waals surface area contributed by atoms with Gasteiger partial charge in [-0.25, -0.2) is 5.48 Å². The van der Waals surface area contributed by atoms with E-state index in [0.717, 1.165) is 11.8 Å². The van der Waals surface area contributed by atoms with E-state index in [0.29, 0.717) is 31.7 Å². The number of carbonyl (C=O) groups excluding carboxylic acids is 1. The summed E-state index contributed by atoms with van der Waals surface area (Å²) in [4.78, 5) is 16.4. The average molecular weight is 430 g/mol. The summed E-state index contributed by atoms with van der Waals surface area (Å²) in [5, 5.41) is 27.2. The Balaban J connectivity index is 0.000000304. The Labute approximate surface area is 183 Å². The Morgan fingerprint density at radius 3 is 1.50 bits per heavy atom. The van der Waals surface area contributed by atoms with Crippen molar-refractivity contribution >= 4 is 5.91 Å². The Kier molecular flexibility index (Phi) is 11.8. The van der Waals surface area contributed by atoms with E-state index in [-0.39, 0.29) is 17.9 Å². The smallest absolute Gasteiger partial charge is 0.251 e. The van der Waals surface area contributed by atoms with Gasteiger partial charge in [-0.1, -0.05) is 20.8 Å². The van der Waals surface area contributed by atoms with E-state index in [1.807, 2.05) is 20.8 Å². The third-order valence-electron chi connectivity index (χ3n) is 6.65. The SMILES string of the molecule is CC(C)(C)CONC(=O)C(C)(C)CO.OCC1CCC(C2CCC(CO)CC2)CC1. The molecule has 0 atom stereocenters. The minimum atomic E-state index is -0.794. The Morgan fingerprint density at radius 2 is 1.20 bits per heavy atom. The second kappa shape index (κ2) is 13.0. The van der Waals surface area contributed by atoms with Crippen LogP contribution < -0.4 is 5.48 Å². The Bertz CT molecular complexity index is 450. The van der Waals surface area contributed by atoms with Crippen LogP contribution in [0.5, 0.6) is 0 Å². The predicted octanol–water partition coefficient (Wildman–Crippen LogP) is 3.68. The second-order valence-electron chi connectivity index (χ2n) is 11.2. The highest BCUT2D eigenvalue weighted by Gasteiger charge is 2.30. The molecule has 0 heterocycles. The molecule has 0 unspecified atom stereocenters. The lowest BCUT2D eigenvalue weighted by molar-refractivity contribution is -0.146. The van der Waals surface area contributed by atoms with E-state index in [1.54, 1.807) is 13.8 Å². The lowest BCUT2D eigenvalue weighted by Gasteiger charge is -2.37. The first kappa shape index (κ1) is 27.3. The van der Waals surface area contributed by atoms with Crippen molar-refractivity contribution in [3.05, 3.63) is 0 Å². The molecule has 6 heteroatoms. The topological polar surface area (TPSA) is 99.0 Å². The molecule has 0 spiro atoms. The van der Waals surface area contributed by atoms with Gasteiger partial charge in [-0.3, -0.25) is 9.63 Å². The van der Waals surface area contributed by atoms with Crippen LogP contribution in [0.1, 0.15) is 86.0 Å². The van der Waals surface area contributed by atoms with Crippen molar-refractivity contribution in [1.82, 2.24) is 5.48 Å².